The van der Waals surface area contributed by atoms with Crippen molar-refractivity contribution in [3.8, 4) is 0 Å². The number of aromatic nitrogens is 1. The van der Waals surface area contributed by atoms with Gasteiger partial charge in [0.2, 0.25) is 0 Å². The Bertz CT molecular complexity index is 564. The summed E-state index contributed by atoms with van der Waals surface area (Å²) in [5.74, 6) is -2.67. The summed E-state index contributed by atoms with van der Waals surface area (Å²) >= 11 is 0. The van der Waals surface area contributed by atoms with Crippen molar-refractivity contribution in [2.75, 3.05) is 6.54 Å². The lowest BCUT2D eigenvalue weighted by Crippen LogP contribution is -2.26. The molecule has 0 saturated heterocycles. The van der Waals surface area contributed by atoms with Crippen LogP contribution in [0.4, 0.5) is 13.2 Å². The van der Waals surface area contributed by atoms with Crippen molar-refractivity contribution in [2.24, 2.45) is 0 Å². The highest BCUT2D eigenvalue weighted by molar-refractivity contribution is 5.26. The normalized spacial score (nSPS) is 12.4. The molecule has 1 atom stereocenters. The first-order chi connectivity index (χ1) is 10.1. The molecular weight excluding hydrogens is 277 g/mol. The van der Waals surface area contributed by atoms with E-state index in [0.717, 1.165) is 6.42 Å². The number of hydrogen-bond donors (Lipinski definition) is 1. The molecule has 0 fully saturated rings. The van der Waals surface area contributed by atoms with Gasteiger partial charge in [0.15, 0.2) is 0 Å². The second-order valence-electron chi connectivity index (χ2n) is 4.82. The van der Waals surface area contributed by atoms with E-state index >= 15 is 0 Å². The number of nitrogens with zero attached hydrogens (tertiary/aromatic N) is 1. The number of halogens is 3. The highest BCUT2D eigenvalue weighted by atomic mass is 19.1. The molecule has 21 heavy (non-hydrogen) atoms. The van der Waals surface area contributed by atoms with Crippen molar-refractivity contribution in [2.45, 2.75) is 25.8 Å². The third-order valence-corrected chi connectivity index (χ3v) is 3.17. The zero-order chi connectivity index (χ0) is 15.2. The first-order valence-electron chi connectivity index (χ1n) is 6.89. The fraction of sp³-hybridized carbons (Fsp3) is 0.312. The molecule has 0 bridgehead atoms. The maximum Gasteiger partial charge on any atom is 0.133 e. The first-order valence-corrected chi connectivity index (χ1v) is 6.89. The Labute approximate surface area is 122 Å². The number of benzene rings is 1. The summed E-state index contributed by atoms with van der Waals surface area (Å²) < 4.78 is 40.9. The number of hydrogen-bond acceptors (Lipinski definition) is 2. The van der Waals surface area contributed by atoms with E-state index < -0.39 is 23.5 Å². The topological polar surface area (TPSA) is 24.9 Å². The minimum Gasteiger partial charge on any atom is -0.309 e. The summed E-state index contributed by atoms with van der Waals surface area (Å²) in [5, 5.41) is 3.09. The quantitative estimate of drug-likeness (QED) is 0.877. The molecule has 0 aliphatic rings. The van der Waals surface area contributed by atoms with Crippen LogP contribution in [0.5, 0.6) is 0 Å². The molecule has 1 unspecified atom stereocenters. The van der Waals surface area contributed by atoms with E-state index in [1.54, 1.807) is 18.3 Å². The molecule has 0 radical (unpaired) electrons. The molecule has 1 heterocycles. The van der Waals surface area contributed by atoms with Gasteiger partial charge in [-0.2, -0.15) is 0 Å². The molecule has 2 nitrogen and oxygen atoms in total. The lowest BCUT2D eigenvalue weighted by molar-refractivity contribution is 0.453. The lowest BCUT2D eigenvalue weighted by atomic mass is 10.00. The molecule has 0 amide bonds. The van der Waals surface area contributed by atoms with Gasteiger partial charge in [-0.15, -0.1) is 0 Å². The van der Waals surface area contributed by atoms with Crippen LogP contribution in [0, 0.1) is 17.5 Å². The minimum atomic E-state index is -0.916. The fourth-order valence-electron chi connectivity index (χ4n) is 2.21. The van der Waals surface area contributed by atoms with Gasteiger partial charge in [0.1, 0.15) is 17.5 Å². The van der Waals surface area contributed by atoms with E-state index in [9.17, 15) is 13.2 Å². The fourth-order valence-corrected chi connectivity index (χ4v) is 2.21. The molecule has 1 aromatic carbocycles. The van der Waals surface area contributed by atoms with Gasteiger partial charge in [0, 0.05) is 42.0 Å². The van der Waals surface area contributed by atoms with Gasteiger partial charge < -0.3 is 5.32 Å². The Morgan fingerprint density at radius 2 is 1.86 bits per heavy atom. The maximum absolute atomic E-state index is 14.0. The summed E-state index contributed by atoms with van der Waals surface area (Å²) in [6.45, 7) is 2.57. The third-order valence-electron chi connectivity index (χ3n) is 3.17. The van der Waals surface area contributed by atoms with Crippen LogP contribution >= 0.6 is 0 Å². The number of pyridine rings is 1. The SMILES string of the molecule is CCCNC(Cc1ccccn1)c1c(F)cc(F)cc1F. The molecule has 2 rings (SSSR count). The van der Waals surface area contributed by atoms with E-state index in [4.69, 9.17) is 0 Å². The van der Waals surface area contributed by atoms with Crippen LogP contribution < -0.4 is 5.32 Å². The Hall–Kier alpha value is -1.88. The molecule has 0 aliphatic carbocycles. The van der Waals surface area contributed by atoms with E-state index in [1.807, 2.05) is 13.0 Å². The molecular formula is C16H17F3N2. The molecule has 1 aromatic heterocycles. The summed E-state index contributed by atoms with van der Waals surface area (Å²) in [7, 11) is 0. The van der Waals surface area contributed by atoms with Gasteiger partial charge in [-0.3, -0.25) is 4.98 Å². The van der Waals surface area contributed by atoms with Crippen molar-refractivity contribution < 1.29 is 13.2 Å². The van der Waals surface area contributed by atoms with Gasteiger partial charge in [-0.05, 0) is 25.1 Å². The van der Waals surface area contributed by atoms with Crippen molar-refractivity contribution in [3.05, 3.63) is 65.2 Å². The number of rotatable bonds is 6. The minimum absolute atomic E-state index is 0.143. The zero-order valence-corrected chi connectivity index (χ0v) is 11.7. The van der Waals surface area contributed by atoms with Crippen LogP contribution in [-0.4, -0.2) is 11.5 Å². The summed E-state index contributed by atoms with van der Waals surface area (Å²) in [6.07, 6.45) is 2.78. The van der Waals surface area contributed by atoms with Crippen LogP contribution in [0.15, 0.2) is 36.5 Å². The van der Waals surface area contributed by atoms with E-state index in [0.29, 0.717) is 30.8 Å². The molecule has 0 spiro atoms. The van der Waals surface area contributed by atoms with Gasteiger partial charge in [-0.1, -0.05) is 13.0 Å². The molecule has 0 aliphatic heterocycles. The zero-order valence-electron chi connectivity index (χ0n) is 11.7. The second-order valence-corrected chi connectivity index (χ2v) is 4.82. The summed E-state index contributed by atoms with van der Waals surface area (Å²) in [4.78, 5) is 4.17. The largest absolute Gasteiger partial charge is 0.309 e. The van der Waals surface area contributed by atoms with Gasteiger partial charge >= 0.3 is 0 Å². The molecule has 112 valence electrons. The Kier molecular flexibility index (Phi) is 5.33. The third kappa shape index (κ3) is 4.04. The standard InChI is InChI=1S/C16H17F3N2/c1-2-6-21-15(10-12-5-3-4-7-20-12)16-13(18)8-11(17)9-14(16)19/h3-5,7-9,15,21H,2,6,10H2,1H3. The summed E-state index contributed by atoms with van der Waals surface area (Å²) in [5.41, 5.74) is 0.574. The van der Waals surface area contributed by atoms with Crippen LogP contribution in [0.1, 0.15) is 30.6 Å². The molecule has 1 N–H and O–H groups in total. The molecule has 0 saturated carbocycles. The Morgan fingerprint density at radius 1 is 1.14 bits per heavy atom. The molecule has 2 aromatic rings. The smallest absolute Gasteiger partial charge is 0.133 e. The van der Waals surface area contributed by atoms with Crippen molar-refractivity contribution in [1.82, 2.24) is 10.3 Å². The Morgan fingerprint density at radius 3 is 2.43 bits per heavy atom. The van der Waals surface area contributed by atoms with E-state index in [1.165, 1.54) is 0 Å². The highest BCUT2D eigenvalue weighted by Gasteiger charge is 2.21. The van der Waals surface area contributed by atoms with Crippen LogP contribution in [0.2, 0.25) is 0 Å². The monoisotopic (exact) mass is 294 g/mol. The average Bonchev–Trinajstić information content (AvgIpc) is 2.44. The van der Waals surface area contributed by atoms with Crippen molar-refractivity contribution in [3.63, 3.8) is 0 Å². The predicted molar refractivity (Wildman–Crippen MR) is 75.3 cm³/mol. The van der Waals surface area contributed by atoms with Crippen LogP contribution in [0.3, 0.4) is 0 Å². The van der Waals surface area contributed by atoms with E-state index in [-0.39, 0.29) is 5.56 Å². The van der Waals surface area contributed by atoms with Crippen LogP contribution in [0.25, 0.3) is 0 Å². The molecule has 5 heteroatoms. The highest BCUT2D eigenvalue weighted by Crippen LogP contribution is 2.24. The van der Waals surface area contributed by atoms with Crippen molar-refractivity contribution >= 4 is 0 Å². The lowest BCUT2D eigenvalue weighted by Gasteiger charge is -2.20. The predicted octanol–water partition coefficient (Wildman–Crippen LogP) is 3.78. The maximum atomic E-state index is 14.0. The van der Waals surface area contributed by atoms with Gasteiger partial charge in [-0.25, -0.2) is 13.2 Å². The second kappa shape index (κ2) is 7.22. The average molecular weight is 294 g/mol. The van der Waals surface area contributed by atoms with E-state index in [2.05, 4.69) is 10.3 Å². The van der Waals surface area contributed by atoms with Crippen LogP contribution in [-0.2, 0) is 6.42 Å². The summed E-state index contributed by atoms with van der Waals surface area (Å²) in [6, 6.07) is 6.21. The van der Waals surface area contributed by atoms with Crippen molar-refractivity contribution in [1.29, 1.82) is 0 Å². The van der Waals surface area contributed by atoms with Gasteiger partial charge in [0.25, 0.3) is 0 Å². The first kappa shape index (κ1) is 15.5. The number of nitrogens with one attached hydrogen (secondary N) is 1. The van der Waals surface area contributed by atoms with Gasteiger partial charge in [0.05, 0.1) is 0 Å². The Balaban J connectivity index is 2.32.